The number of benzene rings is 1. The predicted octanol–water partition coefficient (Wildman–Crippen LogP) is 3.08. The summed E-state index contributed by atoms with van der Waals surface area (Å²) in [5.41, 5.74) is 9.95. The first-order valence-electron chi connectivity index (χ1n) is 24.9. The number of pyridine rings is 1. The van der Waals surface area contributed by atoms with Gasteiger partial charge in [-0.05, 0) is 50.0 Å². The van der Waals surface area contributed by atoms with Gasteiger partial charge in [0.1, 0.15) is 17.6 Å². The summed E-state index contributed by atoms with van der Waals surface area (Å²) in [5, 5.41) is 12.8. The highest BCUT2D eigenvalue weighted by Crippen LogP contribution is 2.32. The molecule has 0 saturated carbocycles. The van der Waals surface area contributed by atoms with Gasteiger partial charge >= 0.3 is 5.97 Å². The molecule has 2 aliphatic rings. The fourth-order valence-corrected chi connectivity index (χ4v) is 7.18. The minimum Gasteiger partial charge on any atom is -0.481 e. The third kappa shape index (κ3) is 23.7. The molecular weight excluding hydrogens is 941 g/mol. The van der Waals surface area contributed by atoms with Crippen LogP contribution < -0.4 is 11.1 Å². The summed E-state index contributed by atoms with van der Waals surface area (Å²) in [6, 6.07) is 8.55. The second-order valence-corrected chi connectivity index (χ2v) is 16.2. The monoisotopic (exact) mass is 1020 g/mol. The summed E-state index contributed by atoms with van der Waals surface area (Å²) >= 11 is 0. The number of aliphatic imine (C=N–C) groups is 1. The summed E-state index contributed by atoms with van der Waals surface area (Å²) < 4.78 is 54.5. The molecular formula is C50H76N6O16. The number of nitrogens with two attached hydrogens (primary N) is 1. The van der Waals surface area contributed by atoms with Gasteiger partial charge in [0, 0.05) is 49.0 Å². The molecule has 0 aliphatic carbocycles. The van der Waals surface area contributed by atoms with Gasteiger partial charge in [0.25, 0.3) is 11.8 Å². The number of hydrogen-bond donors (Lipinski definition) is 3. The molecule has 0 spiro atoms. The zero-order valence-electron chi connectivity index (χ0n) is 42.1. The van der Waals surface area contributed by atoms with Crippen LogP contribution in [0.15, 0.2) is 47.1 Å². The van der Waals surface area contributed by atoms with Crippen molar-refractivity contribution in [1.29, 1.82) is 0 Å². The second-order valence-electron chi connectivity index (χ2n) is 16.2. The molecule has 2 aromatic rings. The quantitative estimate of drug-likeness (QED) is 0.0639. The van der Waals surface area contributed by atoms with Crippen molar-refractivity contribution in [3.63, 3.8) is 0 Å². The van der Waals surface area contributed by atoms with Gasteiger partial charge in [0.15, 0.2) is 0 Å². The molecule has 1 fully saturated rings. The Bertz CT molecular complexity index is 1930. The summed E-state index contributed by atoms with van der Waals surface area (Å²) in [5.74, 6) is -1.35. The molecule has 1 aromatic heterocycles. The smallest absolute Gasteiger partial charge is 0.305 e. The first-order chi connectivity index (χ1) is 35.2. The molecule has 22 nitrogen and oxygen atoms in total. The first-order valence-corrected chi connectivity index (χ1v) is 24.9. The number of nitrogens with one attached hydrogen (secondary N) is 1. The van der Waals surface area contributed by atoms with E-state index in [4.69, 9.17) is 63.0 Å². The van der Waals surface area contributed by atoms with Crippen LogP contribution >= 0.6 is 0 Å². The minimum atomic E-state index is -0.885. The number of amidine groups is 1. The number of ether oxygens (including phenoxy) is 10. The van der Waals surface area contributed by atoms with Crippen LogP contribution in [-0.4, -0.2) is 214 Å². The number of carbonyl (C=O) groups excluding carboxylic acids is 3. The van der Waals surface area contributed by atoms with Crippen molar-refractivity contribution < 1.29 is 76.5 Å². The van der Waals surface area contributed by atoms with Crippen LogP contribution in [0.2, 0.25) is 0 Å². The number of aromatic nitrogens is 1. The van der Waals surface area contributed by atoms with Gasteiger partial charge in [0.2, 0.25) is 5.91 Å². The molecule has 3 heterocycles. The van der Waals surface area contributed by atoms with E-state index in [1.807, 2.05) is 38.1 Å². The van der Waals surface area contributed by atoms with Gasteiger partial charge in [-0.3, -0.25) is 29.0 Å². The number of carboxylic acid groups (broad SMARTS) is 1. The van der Waals surface area contributed by atoms with Crippen LogP contribution in [0.1, 0.15) is 62.0 Å². The topological polar surface area (TPSA) is 260 Å². The minimum absolute atomic E-state index is 0.0161. The Morgan fingerprint density at radius 1 is 0.708 bits per heavy atom. The lowest BCUT2D eigenvalue weighted by atomic mass is 10.0. The molecule has 1 atom stereocenters. The Labute approximate surface area is 422 Å². The van der Waals surface area contributed by atoms with Crippen molar-refractivity contribution in [2.24, 2.45) is 10.7 Å². The molecule has 22 heteroatoms. The fraction of sp³-hybridized carbons (Fsp3) is 0.640. The van der Waals surface area contributed by atoms with Crippen molar-refractivity contribution in [2.45, 2.75) is 52.0 Å². The first kappa shape index (κ1) is 59.6. The number of nitrogens with zero attached hydrogens (tertiary/aromatic N) is 4. The van der Waals surface area contributed by atoms with Crippen molar-refractivity contribution in [3.8, 4) is 11.1 Å². The second kappa shape index (κ2) is 36.9. The largest absolute Gasteiger partial charge is 0.481 e. The molecule has 4 N–H and O–H groups in total. The van der Waals surface area contributed by atoms with Crippen molar-refractivity contribution in [1.82, 2.24) is 20.3 Å². The number of hydrogen-bond acceptors (Lipinski definition) is 18. The predicted molar refractivity (Wildman–Crippen MR) is 265 cm³/mol. The van der Waals surface area contributed by atoms with Crippen molar-refractivity contribution in [2.75, 3.05) is 158 Å². The summed E-state index contributed by atoms with van der Waals surface area (Å²) in [4.78, 5) is 66.5. The number of likely N-dealkylation sites (tertiary alicyclic amines) is 1. The lowest BCUT2D eigenvalue weighted by Crippen LogP contribution is -2.46. The van der Waals surface area contributed by atoms with E-state index >= 15 is 0 Å². The van der Waals surface area contributed by atoms with Gasteiger partial charge in [-0.15, -0.1) is 0 Å². The van der Waals surface area contributed by atoms with Crippen molar-refractivity contribution >= 4 is 41.3 Å². The van der Waals surface area contributed by atoms with Gasteiger partial charge in [-0.1, -0.05) is 25.1 Å². The summed E-state index contributed by atoms with van der Waals surface area (Å²) in [6.45, 7) is 13.6. The summed E-state index contributed by atoms with van der Waals surface area (Å²) in [7, 11) is 0. The average molecular weight is 1020 g/mol. The zero-order valence-corrected chi connectivity index (χ0v) is 42.1. The van der Waals surface area contributed by atoms with E-state index in [0.29, 0.717) is 182 Å². The Morgan fingerprint density at radius 3 is 1.71 bits per heavy atom. The molecule has 0 bridgehead atoms. The lowest BCUT2D eigenvalue weighted by molar-refractivity contribution is -0.180. The number of rotatable bonds is 41. The number of amides is 3. The van der Waals surface area contributed by atoms with Crippen LogP contribution in [0.3, 0.4) is 0 Å². The summed E-state index contributed by atoms with van der Waals surface area (Å²) in [6.07, 6.45) is 5.62. The number of hydroxylamine groups is 2. The van der Waals surface area contributed by atoms with Crippen LogP contribution in [0, 0.1) is 0 Å². The molecule has 2 aliphatic heterocycles. The average Bonchev–Trinajstić information content (AvgIpc) is 3.81. The maximum atomic E-state index is 13.5. The van der Waals surface area contributed by atoms with Crippen molar-refractivity contribution in [3.05, 3.63) is 53.4 Å². The van der Waals surface area contributed by atoms with Gasteiger partial charge in [-0.25, -0.2) is 10.1 Å². The maximum absolute atomic E-state index is 13.5. The molecule has 3 amide bonds. The van der Waals surface area contributed by atoms with Gasteiger partial charge in [0.05, 0.1) is 151 Å². The Hall–Kier alpha value is -4.98. The number of carboxylic acids is 1. The van der Waals surface area contributed by atoms with E-state index in [2.05, 4.69) is 15.3 Å². The van der Waals surface area contributed by atoms with Crippen LogP contribution in [0.4, 0.5) is 5.69 Å². The Morgan fingerprint density at radius 2 is 1.22 bits per heavy atom. The lowest BCUT2D eigenvalue weighted by Gasteiger charge is -2.23. The Kier molecular flexibility index (Phi) is 30.5. The SMILES string of the molecule is CCCN(OCC)C(=O)C1=Cc2ccc(-c3ccc(C(=O)N4CCC[C@@H]4C(=O)NCCOCCOCCOCCOCCOCCOCCOCCOCCOCCOCCC(=O)O)nc3)cc2N=C(N)C1. The molecule has 4 rings (SSSR count). The molecule has 0 unspecified atom stereocenters. The standard InChI is InChI=1S/C50H76N6O16/c1-3-13-56(72-4-2)49(60)42-35-40-8-7-39(36-44(40)54-46(51)37-42)41-9-10-43(53-38-41)50(61)55-14-5-6-45(55)48(59)52-12-16-63-18-20-65-22-24-67-26-28-69-30-32-71-34-33-70-31-29-68-27-25-66-23-21-64-19-17-62-15-11-47(57)58/h7-10,35-36,38,45H,3-6,11-34,37H2,1-2H3,(H2,51,54)(H,52,59)(H,57,58)/t45-/m1/s1. The van der Waals surface area contributed by atoms with Gasteiger partial charge < -0.3 is 68.4 Å². The van der Waals surface area contributed by atoms with Crippen LogP contribution in [0.25, 0.3) is 17.2 Å². The number of aliphatic carboxylic acids is 1. The highest BCUT2D eigenvalue weighted by molar-refractivity contribution is 6.05. The third-order valence-electron chi connectivity index (χ3n) is 10.7. The van der Waals surface area contributed by atoms with E-state index in [1.54, 1.807) is 23.2 Å². The fourth-order valence-electron chi connectivity index (χ4n) is 7.18. The third-order valence-corrected chi connectivity index (χ3v) is 10.7. The zero-order chi connectivity index (χ0) is 51.4. The number of fused-ring (bicyclic) bond motifs is 1. The van der Waals surface area contributed by atoms with E-state index in [9.17, 15) is 19.2 Å². The molecule has 72 heavy (non-hydrogen) atoms. The molecule has 1 saturated heterocycles. The molecule has 0 radical (unpaired) electrons. The Balaban J connectivity index is 0.950. The molecule has 402 valence electrons. The van der Waals surface area contributed by atoms with E-state index in [-0.39, 0.29) is 42.9 Å². The maximum Gasteiger partial charge on any atom is 0.305 e. The van der Waals surface area contributed by atoms with E-state index in [0.717, 1.165) is 23.1 Å². The number of carbonyl (C=O) groups is 4. The highest BCUT2D eigenvalue weighted by Gasteiger charge is 2.35. The molecule has 1 aromatic carbocycles. The van der Waals surface area contributed by atoms with Crippen LogP contribution in [-0.2, 0) is 66.6 Å². The van der Waals surface area contributed by atoms with Gasteiger partial charge in [-0.2, -0.15) is 0 Å². The normalized spacial score (nSPS) is 14.4. The highest BCUT2D eigenvalue weighted by atomic mass is 16.7. The van der Waals surface area contributed by atoms with Crippen LogP contribution in [0.5, 0.6) is 0 Å². The van der Waals surface area contributed by atoms with E-state index < -0.39 is 12.0 Å². The van der Waals surface area contributed by atoms with E-state index in [1.165, 1.54) is 5.06 Å².